The van der Waals surface area contributed by atoms with Crippen LogP contribution in [0.3, 0.4) is 0 Å². The van der Waals surface area contributed by atoms with Crippen molar-refractivity contribution in [3.63, 3.8) is 0 Å². The molecule has 0 aliphatic heterocycles. The van der Waals surface area contributed by atoms with Gasteiger partial charge in [0.2, 0.25) is 0 Å². The van der Waals surface area contributed by atoms with Gasteiger partial charge in [-0.05, 0) is 29.8 Å². The lowest BCUT2D eigenvalue weighted by Gasteiger charge is -2.08. The highest BCUT2D eigenvalue weighted by molar-refractivity contribution is 6.31. The summed E-state index contributed by atoms with van der Waals surface area (Å²) in [6.45, 7) is 2.16. The van der Waals surface area contributed by atoms with Gasteiger partial charge < -0.3 is 10.1 Å². The first-order chi connectivity index (χ1) is 8.86. The maximum absolute atomic E-state index is 6.06. The summed E-state index contributed by atoms with van der Waals surface area (Å²) in [5, 5.41) is 4.09. The van der Waals surface area contributed by atoms with Gasteiger partial charge in [-0.3, -0.25) is 0 Å². The summed E-state index contributed by atoms with van der Waals surface area (Å²) < 4.78 is 5.55. The second kappa shape index (κ2) is 7.04. The van der Waals surface area contributed by atoms with Gasteiger partial charge in [0.15, 0.2) is 0 Å². The Hall–Kier alpha value is -1.51. The van der Waals surface area contributed by atoms with E-state index in [1.807, 2.05) is 48.5 Å². The number of benzene rings is 2. The third-order valence-electron chi connectivity index (χ3n) is 2.50. The van der Waals surface area contributed by atoms with Crippen LogP contribution >= 0.6 is 11.6 Å². The van der Waals surface area contributed by atoms with Crippen LogP contribution in [0.2, 0.25) is 5.02 Å². The first-order valence-electron chi connectivity index (χ1n) is 5.89. The molecule has 0 atom stereocenters. The van der Waals surface area contributed by atoms with Crippen LogP contribution in [0.15, 0.2) is 48.5 Å². The van der Waals surface area contributed by atoms with Crippen LogP contribution in [0.1, 0.15) is 5.56 Å². The Morgan fingerprint density at radius 1 is 1.17 bits per heavy atom. The number of halogens is 1. The summed E-state index contributed by atoms with van der Waals surface area (Å²) in [5.74, 6) is 0.844. The molecule has 0 aliphatic rings. The molecule has 0 saturated heterocycles. The van der Waals surface area contributed by atoms with Crippen molar-refractivity contribution in [2.45, 2.75) is 6.54 Å². The molecule has 0 aromatic heterocycles. The fourth-order valence-corrected chi connectivity index (χ4v) is 1.78. The second-order valence-corrected chi connectivity index (χ2v) is 4.26. The molecule has 3 heteroatoms. The zero-order valence-corrected chi connectivity index (χ0v) is 10.8. The second-order valence-electron chi connectivity index (χ2n) is 3.86. The Morgan fingerprint density at radius 2 is 2.06 bits per heavy atom. The quantitative estimate of drug-likeness (QED) is 0.805. The summed E-state index contributed by atoms with van der Waals surface area (Å²) in [6, 6.07) is 18.3. The lowest BCUT2D eigenvalue weighted by molar-refractivity contribution is 0.313. The molecule has 0 heterocycles. The highest BCUT2D eigenvalue weighted by Crippen LogP contribution is 2.14. The topological polar surface area (TPSA) is 21.3 Å². The lowest BCUT2D eigenvalue weighted by atomic mass is 10.2. The summed E-state index contributed by atoms with van der Waals surface area (Å²) in [7, 11) is 0. The highest BCUT2D eigenvalue weighted by Gasteiger charge is 1.97. The number of rotatable bonds is 6. The van der Waals surface area contributed by atoms with E-state index in [0.717, 1.165) is 29.4 Å². The number of ether oxygens (including phenoxy) is 1. The monoisotopic (exact) mass is 260 g/mol. The van der Waals surface area contributed by atoms with E-state index >= 15 is 0 Å². The van der Waals surface area contributed by atoms with Crippen molar-refractivity contribution in [1.82, 2.24) is 5.32 Å². The van der Waals surface area contributed by atoms with Gasteiger partial charge in [-0.25, -0.2) is 0 Å². The van der Waals surface area contributed by atoms with E-state index in [0.29, 0.717) is 6.61 Å². The molecular formula is C15H15ClNO. The van der Waals surface area contributed by atoms with E-state index in [1.165, 1.54) is 0 Å². The minimum absolute atomic E-state index is 0.627. The summed E-state index contributed by atoms with van der Waals surface area (Å²) >= 11 is 6.06. The van der Waals surface area contributed by atoms with Crippen LogP contribution in [-0.2, 0) is 6.54 Å². The summed E-state index contributed by atoms with van der Waals surface area (Å²) in [5.41, 5.74) is 1.10. The minimum atomic E-state index is 0.627. The maximum atomic E-state index is 6.06. The van der Waals surface area contributed by atoms with Gasteiger partial charge in [-0.2, -0.15) is 0 Å². The molecule has 18 heavy (non-hydrogen) atoms. The Bertz CT molecular complexity index is 473. The Labute approximate surface area is 113 Å². The third kappa shape index (κ3) is 4.06. The molecule has 1 radical (unpaired) electrons. The van der Waals surface area contributed by atoms with Gasteiger partial charge in [0.1, 0.15) is 12.4 Å². The van der Waals surface area contributed by atoms with Gasteiger partial charge in [0.25, 0.3) is 0 Å². The van der Waals surface area contributed by atoms with E-state index in [9.17, 15) is 0 Å². The van der Waals surface area contributed by atoms with Crippen LogP contribution in [0.5, 0.6) is 5.75 Å². The standard InChI is InChI=1S/C15H15ClNO/c16-15-9-5-4-6-13(15)12-17-10-11-18-14-7-2-1-3-8-14/h1-2,4-9,17H,10-12H2. The van der Waals surface area contributed by atoms with E-state index in [-0.39, 0.29) is 0 Å². The van der Waals surface area contributed by atoms with E-state index in [1.54, 1.807) is 0 Å². The Morgan fingerprint density at radius 3 is 2.83 bits per heavy atom. The third-order valence-corrected chi connectivity index (χ3v) is 2.87. The molecule has 2 rings (SSSR count). The lowest BCUT2D eigenvalue weighted by Crippen LogP contribution is -2.20. The number of nitrogens with one attached hydrogen (secondary N) is 1. The van der Waals surface area contributed by atoms with Gasteiger partial charge in [0.05, 0.1) is 0 Å². The molecule has 1 N–H and O–H groups in total. The van der Waals surface area contributed by atoms with Crippen LogP contribution in [0, 0.1) is 6.07 Å². The van der Waals surface area contributed by atoms with E-state index in [2.05, 4.69) is 11.4 Å². The molecule has 0 saturated carbocycles. The Balaban J connectivity index is 1.66. The zero-order chi connectivity index (χ0) is 12.6. The fourth-order valence-electron chi connectivity index (χ4n) is 1.57. The van der Waals surface area contributed by atoms with Gasteiger partial charge in [-0.1, -0.05) is 41.9 Å². The molecule has 0 aliphatic carbocycles. The number of hydrogen-bond donors (Lipinski definition) is 1. The Kier molecular flexibility index (Phi) is 5.06. The molecule has 0 fully saturated rings. The molecule has 93 valence electrons. The molecule has 0 spiro atoms. The fraction of sp³-hybridized carbons (Fsp3) is 0.200. The van der Waals surface area contributed by atoms with Crippen molar-refractivity contribution in [2.75, 3.05) is 13.2 Å². The molecule has 2 aromatic carbocycles. The molecular weight excluding hydrogens is 246 g/mol. The van der Waals surface area contributed by atoms with Crippen LogP contribution < -0.4 is 10.1 Å². The summed E-state index contributed by atoms with van der Waals surface area (Å²) in [6.07, 6.45) is 0. The van der Waals surface area contributed by atoms with E-state index in [4.69, 9.17) is 16.3 Å². The smallest absolute Gasteiger partial charge is 0.119 e. The predicted molar refractivity (Wildman–Crippen MR) is 73.9 cm³/mol. The largest absolute Gasteiger partial charge is 0.492 e. The van der Waals surface area contributed by atoms with Gasteiger partial charge >= 0.3 is 0 Å². The predicted octanol–water partition coefficient (Wildman–Crippen LogP) is 3.31. The van der Waals surface area contributed by atoms with Gasteiger partial charge in [0, 0.05) is 18.1 Å². The van der Waals surface area contributed by atoms with Crippen LogP contribution in [0.4, 0.5) is 0 Å². The molecule has 0 unspecified atom stereocenters. The average Bonchev–Trinajstić information content (AvgIpc) is 2.42. The first-order valence-corrected chi connectivity index (χ1v) is 6.27. The van der Waals surface area contributed by atoms with Crippen molar-refractivity contribution in [3.05, 3.63) is 65.2 Å². The van der Waals surface area contributed by atoms with Crippen molar-refractivity contribution in [3.8, 4) is 5.75 Å². The van der Waals surface area contributed by atoms with Crippen molar-refractivity contribution in [1.29, 1.82) is 0 Å². The van der Waals surface area contributed by atoms with Crippen molar-refractivity contribution in [2.24, 2.45) is 0 Å². The number of hydrogen-bond acceptors (Lipinski definition) is 2. The van der Waals surface area contributed by atoms with E-state index < -0.39 is 0 Å². The molecule has 2 nitrogen and oxygen atoms in total. The molecule has 2 aromatic rings. The SMILES string of the molecule is Clc1ccccc1CNCCOc1c[c]ccc1. The molecule has 0 amide bonds. The summed E-state index contributed by atoms with van der Waals surface area (Å²) in [4.78, 5) is 0. The highest BCUT2D eigenvalue weighted by atomic mass is 35.5. The molecule has 0 bridgehead atoms. The minimum Gasteiger partial charge on any atom is -0.492 e. The normalized spacial score (nSPS) is 10.3. The van der Waals surface area contributed by atoms with Crippen LogP contribution in [-0.4, -0.2) is 13.2 Å². The first kappa shape index (κ1) is 12.9. The van der Waals surface area contributed by atoms with Gasteiger partial charge in [-0.15, -0.1) is 0 Å². The maximum Gasteiger partial charge on any atom is 0.119 e. The van der Waals surface area contributed by atoms with Crippen molar-refractivity contribution >= 4 is 11.6 Å². The zero-order valence-electron chi connectivity index (χ0n) is 10.0. The van der Waals surface area contributed by atoms with Crippen molar-refractivity contribution < 1.29 is 4.74 Å². The van der Waals surface area contributed by atoms with Crippen LogP contribution in [0.25, 0.3) is 0 Å². The average molecular weight is 261 g/mol.